The number of hydrogen-bond acceptors (Lipinski definition) is 4. The van der Waals surface area contributed by atoms with Gasteiger partial charge in [0.2, 0.25) is 0 Å². The van der Waals surface area contributed by atoms with Gasteiger partial charge in [0.05, 0.1) is 6.54 Å². The molecule has 108 valence electrons. The number of rotatable bonds is 2. The molecule has 0 radical (unpaired) electrons. The predicted octanol–water partition coefficient (Wildman–Crippen LogP) is 1.07. The van der Waals surface area contributed by atoms with E-state index < -0.39 is 11.2 Å². The normalized spacial score (nSPS) is 11.2. The molecule has 0 aliphatic heterocycles. The Bertz CT molecular complexity index is 934. The zero-order valence-corrected chi connectivity index (χ0v) is 12.5. The number of fused-ring (bicyclic) bond motifs is 1. The van der Waals surface area contributed by atoms with E-state index in [1.54, 1.807) is 11.6 Å². The van der Waals surface area contributed by atoms with Crippen molar-refractivity contribution in [1.29, 1.82) is 0 Å². The average molecular weight is 302 g/mol. The van der Waals surface area contributed by atoms with E-state index in [2.05, 4.69) is 22.6 Å². The minimum absolute atomic E-state index is 0.334. The number of hydrogen-bond donors (Lipinski definition) is 2. The highest BCUT2D eigenvalue weighted by molar-refractivity contribution is 7.80. The lowest BCUT2D eigenvalue weighted by Gasteiger charge is -2.06. The van der Waals surface area contributed by atoms with E-state index in [0.29, 0.717) is 22.9 Å². The van der Waals surface area contributed by atoms with Crippen molar-refractivity contribution in [3.63, 3.8) is 0 Å². The molecule has 2 heterocycles. The summed E-state index contributed by atoms with van der Waals surface area (Å²) in [5.41, 5.74) is 1.95. The first kappa shape index (κ1) is 13.7. The second-order valence-corrected chi connectivity index (χ2v) is 5.37. The molecule has 0 aliphatic rings. The maximum Gasteiger partial charge on any atom is 0.329 e. The van der Waals surface area contributed by atoms with Gasteiger partial charge in [0.1, 0.15) is 0 Å². The van der Waals surface area contributed by atoms with E-state index in [0.717, 1.165) is 5.56 Å². The van der Waals surface area contributed by atoms with Crippen LogP contribution in [0.5, 0.6) is 0 Å². The summed E-state index contributed by atoms with van der Waals surface area (Å²) < 4.78 is 3.00. The van der Waals surface area contributed by atoms with E-state index in [1.807, 2.05) is 31.2 Å². The number of aryl methyl sites for hydroxylation is 2. The van der Waals surface area contributed by atoms with Crippen LogP contribution in [0.4, 0.5) is 0 Å². The van der Waals surface area contributed by atoms with Crippen LogP contribution in [0.25, 0.3) is 11.2 Å². The quantitative estimate of drug-likeness (QED) is 0.696. The van der Waals surface area contributed by atoms with Crippen LogP contribution in [0, 0.1) is 6.92 Å². The molecule has 1 N–H and O–H groups in total. The summed E-state index contributed by atoms with van der Waals surface area (Å²) in [7, 11) is 1.57. The van der Waals surface area contributed by atoms with E-state index >= 15 is 0 Å². The Morgan fingerprint density at radius 2 is 1.90 bits per heavy atom. The van der Waals surface area contributed by atoms with E-state index in [9.17, 15) is 9.59 Å². The summed E-state index contributed by atoms with van der Waals surface area (Å²) in [6, 6.07) is 7.99. The van der Waals surface area contributed by atoms with Gasteiger partial charge in [-0.15, -0.1) is 12.6 Å². The lowest BCUT2D eigenvalue weighted by molar-refractivity contribution is 0.730. The number of benzene rings is 1. The fraction of sp³-hybridized carbons (Fsp3) is 0.214. The number of imidazole rings is 1. The molecule has 6 nitrogen and oxygen atoms in total. The number of aromatic nitrogens is 4. The van der Waals surface area contributed by atoms with Crippen LogP contribution in [0.2, 0.25) is 0 Å². The summed E-state index contributed by atoms with van der Waals surface area (Å²) in [6.45, 7) is 2.48. The van der Waals surface area contributed by atoms with Crippen LogP contribution in [0.3, 0.4) is 0 Å². The number of nitrogens with one attached hydrogen (secondary N) is 1. The third kappa shape index (κ3) is 2.29. The van der Waals surface area contributed by atoms with Gasteiger partial charge in [0, 0.05) is 7.05 Å². The Morgan fingerprint density at radius 1 is 1.24 bits per heavy atom. The molecule has 7 heteroatoms. The van der Waals surface area contributed by atoms with Gasteiger partial charge in [-0.3, -0.25) is 14.3 Å². The van der Waals surface area contributed by atoms with Crippen molar-refractivity contribution in [2.45, 2.75) is 18.6 Å². The third-order valence-corrected chi connectivity index (χ3v) is 3.79. The Morgan fingerprint density at radius 3 is 2.57 bits per heavy atom. The van der Waals surface area contributed by atoms with Crippen LogP contribution in [0.15, 0.2) is 39.0 Å². The zero-order valence-electron chi connectivity index (χ0n) is 11.6. The Labute approximate surface area is 125 Å². The highest BCUT2D eigenvalue weighted by Crippen LogP contribution is 2.16. The fourth-order valence-corrected chi connectivity index (χ4v) is 2.51. The van der Waals surface area contributed by atoms with Gasteiger partial charge in [-0.2, -0.15) is 0 Å². The molecule has 2 aromatic heterocycles. The van der Waals surface area contributed by atoms with Gasteiger partial charge < -0.3 is 4.57 Å². The number of H-pyrrole nitrogens is 1. The molecule has 0 saturated carbocycles. The lowest BCUT2D eigenvalue weighted by atomic mass is 10.1. The topological polar surface area (TPSA) is 72.7 Å². The highest BCUT2D eigenvalue weighted by Gasteiger charge is 2.15. The van der Waals surface area contributed by atoms with E-state index in [4.69, 9.17) is 0 Å². The Kier molecular flexibility index (Phi) is 3.21. The minimum atomic E-state index is -0.485. The molecule has 0 fully saturated rings. The summed E-state index contributed by atoms with van der Waals surface area (Å²) in [5, 5.41) is 0.400. The molecule has 0 aliphatic carbocycles. The molecule has 0 atom stereocenters. The summed E-state index contributed by atoms with van der Waals surface area (Å²) in [4.78, 5) is 30.2. The third-order valence-electron chi connectivity index (χ3n) is 3.45. The average Bonchev–Trinajstić information content (AvgIpc) is 2.77. The van der Waals surface area contributed by atoms with Crippen molar-refractivity contribution in [1.82, 2.24) is 19.1 Å². The molecule has 3 aromatic rings. The van der Waals surface area contributed by atoms with Crippen LogP contribution in [-0.2, 0) is 13.6 Å². The molecule has 21 heavy (non-hydrogen) atoms. The van der Waals surface area contributed by atoms with Crippen molar-refractivity contribution >= 4 is 23.8 Å². The Balaban J connectivity index is 2.21. The zero-order chi connectivity index (χ0) is 15.1. The van der Waals surface area contributed by atoms with Crippen LogP contribution in [0.1, 0.15) is 11.1 Å². The summed E-state index contributed by atoms with van der Waals surface area (Å²) >= 11 is 4.32. The standard InChI is InChI=1S/C14H14N4O2S/c1-8-3-5-9(6-4-8)7-18-10-11(15-14(18)21)17(2)13(20)16-12(10)19/h3-6H,7H2,1-2H3,(H,15,21)(H,16,19,20). The molecule has 3 rings (SSSR count). The van der Waals surface area contributed by atoms with Crippen molar-refractivity contribution in [2.75, 3.05) is 0 Å². The summed E-state index contributed by atoms with van der Waals surface area (Å²) in [6.07, 6.45) is 0. The predicted molar refractivity (Wildman–Crippen MR) is 83.1 cm³/mol. The lowest BCUT2D eigenvalue weighted by Crippen LogP contribution is -2.29. The van der Waals surface area contributed by atoms with E-state index in [-0.39, 0.29) is 0 Å². The maximum absolute atomic E-state index is 12.1. The Hall–Kier alpha value is -2.28. The number of nitrogens with zero attached hydrogens (tertiary/aromatic N) is 3. The van der Waals surface area contributed by atoms with Crippen molar-refractivity contribution in [3.8, 4) is 0 Å². The van der Waals surface area contributed by atoms with Crippen LogP contribution >= 0.6 is 12.6 Å². The molecule has 0 amide bonds. The van der Waals surface area contributed by atoms with Gasteiger partial charge in [-0.1, -0.05) is 29.8 Å². The maximum atomic E-state index is 12.1. The smallest absolute Gasteiger partial charge is 0.309 e. The molecule has 1 aromatic carbocycles. The van der Waals surface area contributed by atoms with Crippen molar-refractivity contribution < 1.29 is 0 Å². The first-order chi connectivity index (χ1) is 9.97. The van der Waals surface area contributed by atoms with E-state index in [1.165, 1.54) is 10.1 Å². The van der Waals surface area contributed by atoms with Gasteiger partial charge in [-0.25, -0.2) is 9.78 Å². The summed E-state index contributed by atoms with van der Waals surface area (Å²) in [5.74, 6) is 0. The molecular formula is C14H14N4O2S. The van der Waals surface area contributed by atoms with Crippen LogP contribution in [-0.4, -0.2) is 19.1 Å². The van der Waals surface area contributed by atoms with Gasteiger partial charge in [0.15, 0.2) is 16.3 Å². The fourth-order valence-electron chi connectivity index (χ4n) is 2.25. The molecule has 0 spiro atoms. The largest absolute Gasteiger partial charge is 0.329 e. The molecule has 0 bridgehead atoms. The van der Waals surface area contributed by atoms with Crippen molar-refractivity contribution in [3.05, 3.63) is 56.2 Å². The second kappa shape index (κ2) is 4.92. The molecule has 0 saturated heterocycles. The molecule has 0 unspecified atom stereocenters. The van der Waals surface area contributed by atoms with Gasteiger partial charge >= 0.3 is 5.69 Å². The first-order valence-electron chi connectivity index (χ1n) is 6.41. The molecular weight excluding hydrogens is 288 g/mol. The SMILES string of the molecule is Cc1ccc(Cn2c(S)nc3c2c(=O)[nH]c(=O)n3C)cc1. The van der Waals surface area contributed by atoms with Gasteiger partial charge in [-0.05, 0) is 12.5 Å². The van der Waals surface area contributed by atoms with Crippen molar-refractivity contribution in [2.24, 2.45) is 7.05 Å². The second-order valence-electron chi connectivity index (χ2n) is 4.97. The first-order valence-corrected chi connectivity index (χ1v) is 6.86. The highest BCUT2D eigenvalue weighted by atomic mass is 32.1. The van der Waals surface area contributed by atoms with Crippen LogP contribution < -0.4 is 11.2 Å². The number of aromatic amines is 1. The number of thiol groups is 1. The minimum Gasteiger partial charge on any atom is -0.309 e. The van der Waals surface area contributed by atoms with Gasteiger partial charge in [0.25, 0.3) is 5.56 Å². The monoisotopic (exact) mass is 302 g/mol.